The minimum absolute atomic E-state index is 0.0167. The minimum Gasteiger partial charge on any atom is -0.474 e. The van der Waals surface area contributed by atoms with Crippen LogP contribution in [0.25, 0.3) is 0 Å². The van der Waals surface area contributed by atoms with Gasteiger partial charge in [0.15, 0.2) is 0 Å². The Morgan fingerprint density at radius 2 is 1.72 bits per heavy atom. The Hall–Kier alpha value is -6.36. The molecule has 4 aromatic rings. The molecule has 2 aromatic heterocycles. The molecule has 17 heteroatoms. The second-order valence-electron chi connectivity index (χ2n) is 18.5. The van der Waals surface area contributed by atoms with Gasteiger partial charge in [0.2, 0.25) is 29.5 Å². The zero-order valence-corrected chi connectivity index (χ0v) is 36.8. The van der Waals surface area contributed by atoms with E-state index in [2.05, 4.69) is 47.9 Å². The van der Waals surface area contributed by atoms with E-state index in [1.54, 1.807) is 29.4 Å². The fourth-order valence-electron chi connectivity index (χ4n) is 9.33. The number of amides is 4. The molecule has 5 aliphatic rings. The van der Waals surface area contributed by atoms with E-state index < -0.39 is 23.6 Å². The van der Waals surface area contributed by atoms with Crippen LogP contribution in [0.2, 0.25) is 0 Å². The molecule has 0 spiro atoms. The van der Waals surface area contributed by atoms with Gasteiger partial charge in [0.25, 0.3) is 0 Å². The summed E-state index contributed by atoms with van der Waals surface area (Å²) in [6.45, 7) is 13.2. The molecule has 4 amide bonds. The first-order valence-electron chi connectivity index (χ1n) is 22.2. The third-order valence-corrected chi connectivity index (χ3v) is 12.7. The van der Waals surface area contributed by atoms with Gasteiger partial charge in [0.05, 0.1) is 37.1 Å². The number of imide groups is 1. The van der Waals surface area contributed by atoms with Crippen molar-refractivity contribution in [3.63, 3.8) is 0 Å². The van der Waals surface area contributed by atoms with E-state index in [9.17, 15) is 19.2 Å². The van der Waals surface area contributed by atoms with Crippen LogP contribution in [0, 0.1) is 18.7 Å². The fourth-order valence-corrected chi connectivity index (χ4v) is 9.33. The number of anilines is 5. The summed E-state index contributed by atoms with van der Waals surface area (Å²) in [5, 5.41) is 8.84. The molecule has 1 unspecified atom stereocenters. The first kappa shape index (κ1) is 42.9. The largest absolute Gasteiger partial charge is 0.474 e. The predicted octanol–water partition coefficient (Wildman–Crippen LogP) is 5.77. The molecule has 9 rings (SSSR count). The molecule has 2 saturated heterocycles. The summed E-state index contributed by atoms with van der Waals surface area (Å²) >= 11 is 0. The number of fused-ring (bicyclic) bond motifs is 3. The topological polar surface area (TPSA) is 174 Å². The molecule has 16 nitrogen and oxygen atoms in total. The van der Waals surface area contributed by atoms with Crippen LogP contribution in [0.15, 0.2) is 48.8 Å². The summed E-state index contributed by atoms with van der Waals surface area (Å²) in [5.41, 5.74) is 7.72. The van der Waals surface area contributed by atoms with Gasteiger partial charge in [-0.2, -0.15) is 0 Å². The Bertz CT molecular complexity index is 2490. The molecular weight excluding hydrogens is 820 g/mol. The Labute approximate surface area is 371 Å². The van der Waals surface area contributed by atoms with Gasteiger partial charge in [-0.15, -0.1) is 0 Å². The van der Waals surface area contributed by atoms with Gasteiger partial charge in [0, 0.05) is 68.8 Å². The van der Waals surface area contributed by atoms with Gasteiger partial charge in [-0.3, -0.25) is 29.5 Å². The average Bonchev–Trinajstić information content (AvgIpc) is 3.66. The number of rotatable bonds is 9. The lowest BCUT2D eigenvalue weighted by Crippen LogP contribution is -2.47. The van der Waals surface area contributed by atoms with E-state index in [1.165, 1.54) is 17.2 Å². The SMILES string of the molecule is Cc1c(N2CCc3cnc(Nc4ccc(CC(=O)N5CCC(CN6Cc7ccc(NC8CCC(=O)NC8=O)cc7C6)CC5)c(F)c4)nc3C2)cnc2c1N(C(=O)OC(C)(C)C)CCO2. The standard InChI is InChI=1S/C47H55FN10O6/c1-28-39(23-49-44-42(28)58(17-18-63-44)46(62)64-47(2,3)4)57-16-13-31-22-50-45(53-38(31)27-57)52-35-7-5-30(36(48)21-35)20-41(60)56-14-11-29(12-15-56)24-55-25-32-6-8-34(19-33(32)26-55)51-37-9-10-40(59)54-43(37)61/h5-8,19,21-23,29,37,51H,9-18,20,24-27H2,1-4H3,(H,50,52,53)(H,54,59,61). The Morgan fingerprint density at radius 1 is 0.922 bits per heavy atom. The molecule has 336 valence electrons. The van der Waals surface area contributed by atoms with Crippen molar-refractivity contribution in [2.24, 2.45) is 5.92 Å². The van der Waals surface area contributed by atoms with Gasteiger partial charge in [-0.1, -0.05) is 12.1 Å². The summed E-state index contributed by atoms with van der Waals surface area (Å²) in [4.78, 5) is 72.3. The van der Waals surface area contributed by atoms with Crippen molar-refractivity contribution in [1.82, 2.24) is 30.1 Å². The van der Waals surface area contributed by atoms with Gasteiger partial charge < -0.3 is 29.9 Å². The number of hydrogen-bond acceptors (Lipinski definition) is 13. The number of carbonyl (C=O) groups is 4. The molecule has 0 radical (unpaired) electrons. The maximum atomic E-state index is 15.5. The van der Waals surface area contributed by atoms with Crippen LogP contribution in [-0.2, 0) is 51.6 Å². The molecule has 0 saturated carbocycles. The molecule has 2 aromatic carbocycles. The summed E-state index contributed by atoms with van der Waals surface area (Å²) in [6.07, 6.45) is 6.40. The Morgan fingerprint density at radius 3 is 2.50 bits per heavy atom. The number of carbonyl (C=O) groups excluding carboxylic acids is 4. The van der Waals surface area contributed by atoms with Crippen LogP contribution in [-0.4, -0.2) is 99.5 Å². The summed E-state index contributed by atoms with van der Waals surface area (Å²) in [6, 6.07) is 10.6. The van der Waals surface area contributed by atoms with E-state index >= 15 is 4.39 Å². The van der Waals surface area contributed by atoms with Crippen molar-refractivity contribution in [3.05, 3.63) is 88.1 Å². The van der Waals surface area contributed by atoms with Crippen LogP contribution in [0.4, 0.5) is 37.9 Å². The van der Waals surface area contributed by atoms with E-state index in [1.807, 2.05) is 38.7 Å². The summed E-state index contributed by atoms with van der Waals surface area (Å²) in [7, 11) is 0. The predicted molar refractivity (Wildman–Crippen MR) is 238 cm³/mol. The van der Waals surface area contributed by atoms with E-state index in [-0.39, 0.29) is 24.1 Å². The molecule has 64 heavy (non-hydrogen) atoms. The number of hydrogen-bond donors (Lipinski definition) is 3. The third kappa shape index (κ3) is 9.44. The van der Waals surface area contributed by atoms with Crippen molar-refractivity contribution < 1.29 is 33.0 Å². The van der Waals surface area contributed by atoms with Crippen molar-refractivity contribution in [2.75, 3.05) is 59.8 Å². The van der Waals surface area contributed by atoms with Crippen molar-refractivity contribution in [2.45, 2.75) is 97.5 Å². The van der Waals surface area contributed by atoms with Crippen molar-refractivity contribution >= 4 is 52.5 Å². The van der Waals surface area contributed by atoms with Crippen molar-refractivity contribution in [1.29, 1.82) is 0 Å². The lowest BCUT2D eigenvalue weighted by Gasteiger charge is -2.35. The Balaban J connectivity index is 0.761. The number of pyridine rings is 1. The number of halogens is 1. The number of piperidine rings is 2. The zero-order valence-electron chi connectivity index (χ0n) is 36.8. The van der Waals surface area contributed by atoms with Crippen LogP contribution in [0.1, 0.15) is 80.0 Å². The monoisotopic (exact) mass is 874 g/mol. The van der Waals surface area contributed by atoms with Gasteiger partial charge >= 0.3 is 6.09 Å². The van der Waals surface area contributed by atoms with Gasteiger partial charge in [-0.05, 0) is 106 Å². The lowest BCUT2D eigenvalue weighted by atomic mass is 9.95. The highest BCUT2D eigenvalue weighted by Gasteiger charge is 2.34. The molecule has 3 N–H and O–H groups in total. The number of nitrogens with zero attached hydrogens (tertiary/aromatic N) is 7. The zero-order chi connectivity index (χ0) is 44.7. The second-order valence-corrected chi connectivity index (χ2v) is 18.5. The summed E-state index contributed by atoms with van der Waals surface area (Å²) in [5.74, 6) is 0.119. The highest BCUT2D eigenvalue weighted by atomic mass is 19.1. The number of nitrogens with one attached hydrogen (secondary N) is 3. The first-order valence-corrected chi connectivity index (χ1v) is 22.2. The van der Waals surface area contributed by atoms with Crippen LogP contribution < -0.4 is 30.5 Å². The molecule has 0 aliphatic carbocycles. The fraction of sp³-hybridized carbons (Fsp3) is 0.468. The molecule has 2 fully saturated rings. The first-order chi connectivity index (χ1) is 30.7. The van der Waals surface area contributed by atoms with Crippen LogP contribution >= 0.6 is 0 Å². The molecular formula is C47H55FN10O6. The quantitative estimate of drug-likeness (QED) is 0.173. The number of aromatic nitrogens is 3. The number of likely N-dealkylation sites (tertiary alicyclic amines) is 1. The molecule has 5 aliphatic heterocycles. The van der Waals surface area contributed by atoms with Crippen LogP contribution in [0.5, 0.6) is 5.88 Å². The second kappa shape index (κ2) is 17.7. The highest BCUT2D eigenvalue weighted by Crippen LogP contribution is 2.40. The number of ether oxygens (including phenoxy) is 2. The maximum absolute atomic E-state index is 15.5. The van der Waals surface area contributed by atoms with E-state index in [4.69, 9.17) is 14.5 Å². The minimum atomic E-state index is -0.649. The van der Waals surface area contributed by atoms with Gasteiger partial charge in [-0.25, -0.2) is 24.1 Å². The van der Waals surface area contributed by atoms with Gasteiger partial charge in [0.1, 0.15) is 29.8 Å². The average molecular weight is 875 g/mol. The highest BCUT2D eigenvalue weighted by molar-refractivity contribution is 6.01. The smallest absolute Gasteiger partial charge is 0.415 e. The Kier molecular flexibility index (Phi) is 11.8. The maximum Gasteiger partial charge on any atom is 0.415 e. The third-order valence-electron chi connectivity index (χ3n) is 12.7. The lowest BCUT2D eigenvalue weighted by molar-refractivity contribution is -0.134. The number of benzene rings is 2. The molecule has 1 atom stereocenters. The molecule has 0 bridgehead atoms. The normalized spacial score (nSPS) is 19.0. The van der Waals surface area contributed by atoms with E-state index in [0.29, 0.717) is 93.3 Å². The van der Waals surface area contributed by atoms with E-state index in [0.717, 1.165) is 60.7 Å². The molecule has 7 heterocycles. The van der Waals surface area contributed by atoms with Crippen LogP contribution in [0.3, 0.4) is 0 Å². The van der Waals surface area contributed by atoms with Crippen molar-refractivity contribution in [3.8, 4) is 5.88 Å². The summed E-state index contributed by atoms with van der Waals surface area (Å²) < 4.78 is 27.1.